The first-order valence-electron chi connectivity index (χ1n) is 5.85. The van der Waals surface area contributed by atoms with E-state index in [9.17, 15) is 9.90 Å². The molecule has 0 saturated heterocycles. The number of carbonyl (C=O) groups is 1. The van der Waals surface area contributed by atoms with Gasteiger partial charge in [0.15, 0.2) is 11.5 Å². The fourth-order valence-electron chi connectivity index (χ4n) is 1.85. The lowest BCUT2D eigenvalue weighted by atomic mass is 10.2. The summed E-state index contributed by atoms with van der Waals surface area (Å²) in [6.07, 6.45) is 0. The van der Waals surface area contributed by atoms with E-state index < -0.39 is 5.97 Å². The number of ether oxygens (including phenoxy) is 3. The predicted octanol–water partition coefficient (Wildman–Crippen LogP) is 1.99. The van der Waals surface area contributed by atoms with Gasteiger partial charge in [-0.2, -0.15) is 0 Å². The third kappa shape index (κ3) is 2.25. The number of carboxylic acid groups (broad SMARTS) is 1. The van der Waals surface area contributed by atoms with E-state index in [2.05, 4.69) is 5.16 Å². The summed E-state index contributed by atoms with van der Waals surface area (Å²) in [6.45, 7) is 1.94. The Kier molecular flexibility index (Phi) is 2.94. The predicted molar refractivity (Wildman–Crippen MR) is 65.1 cm³/mol. The molecule has 0 aliphatic carbocycles. The molecule has 0 radical (unpaired) electrons. The molecule has 2 heterocycles. The molecule has 1 N–H and O–H groups in total. The van der Waals surface area contributed by atoms with Crippen molar-refractivity contribution >= 4 is 5.97 Å². The molecule has 0 saturated carbocycles. The maximum absolute atomic E-state index is 11.2. The maximum atomic E-state index is 11.2. The van der Waals surface area contributed by atoms with Gasteiger partial charge in [0.05, 0.1) is 0 Å². The van der Waals surface area contributed by atoms with Gasteiger partial charge in [0.1, 0.15) is 29.4 Å². The van der Waals surface area contributed by atoms with E-state index in [1.807, 2.05) is 0 Å². The van der Waals surface area contributed by atoms with Crippen LogP contribution in [-0.4, -0.2) is 23.0 Å². The number of aromatic nitrogens is 1. The van der Waals surface area contributed by atoms with Crippen molar-refractivity contribution in [1.82, 2.24) is 5.16 Å². The zero-order valence-corrected chi connectivity index (χ0v) is 10.6. The van der Waals surface area contributed by atoms with Crippen LogP contribution in [0.5, 0.6) is 17.2 Å². The summed E-state index contributed by atoms with van der Waals surface area (Å²) in [7, 11) is 0. The van der Waals surface area contributed by atoms with Crippen molar-refractivity contribution in [3.8, 4) is 17.2 Å². The summed E-state index contributed by atoms with van der Waals surface area (Å²) in [5.74, 6) is 0.609. The summed E-state index contributed by atoms with van der Waals surface area (Å²) in [5, 5.41) is 13.0. The van der Waals surface area contributed by atoms with Gasteiger partial charge >= 0.3 is 5.97 Å². The van der Waals surface area contributed by atoms with Gasteiger partial charge in [-0.25, -0.2) is 4.79 Å². The molecule has 1 aliphatic rings. The highest BCUT2D eigenvalue weighted by atomic mass is 16.7. The number of aromatic carboxylic acids is 1. The van der Waals surface area contributed by atoms with Gasteiger partial charge in [-0.1, -0.05) is 5.16 Å². The number of fused-ring (bicyclic) bond motifs is 1. The Bertz CT molecular complexity index is 663. The molecule has 0 fully saturated rings. The second-order valence-electron chi connectivity index (χ2n) is 4.22. The molecule has 7 nitrogen and oxygen atoms in total. The first kappa shape index (κ1) is 12.3. The van der Waals surface area contributed by atoms with Crippen LogP contribution in [0.2, 0.25) is 0 Å². The van der Waals surface area contributed by atoms with Gasteiger partial charge in [0, 0.05) is 18.2 Å². The second kappa shape index (κ2) is 4.76. The minimum absolute atomic E-state index is 0.00877. The number of carboxylic acids is 1. The van der Waals surface area contributed by atoms with Crippen molar-refractivity contribution in [2.24, 2.45) is 0 Å². The molecule has 1 aromatic heterocycles. The van der Waals surface area contributed by atoms with Gasteiger partial charge in [-0.05, 0) is 6.92 Å². The normalized spacial score (nSPS) is 12.4. The first-order valence-corrected chi connectivity index (χ1v) is 5.85. The van der Waals surface area contributed by atoms with Crippen molar-refractivity contribution in [2.75, 3.05) is 6.79 Å². The Morgan fingerprint density at radius 3 is 2.75 bits per heavy atom. The molecule has 2 aromatic rings. The lowest BCUT2D eigenvalue weighted by molar-refractivity contribution is 0.0691. The summed E-state index contributed by atoms with van der Waals surface area (Å²) in [6, 6.07) is 4.60. The fraction of sp³-hybridized carbons (Fsp3) is 0.231. The van der Waals surface area contributed by atoms with E-state index in [0.717, 1.165) is 0 Å². The number of benzene rings is 1. The number of aryl methyl sites for hydroxylation is 1. The largest absolute Gasteiger partial charge is 0.486 e. The Hall–Kier alpha value is -2.70. The first-order chi connectivity index (χ1) is 9.63. The number of hydrogen-bond donors (Lipinski definition) is 1. The van der Waals surface area contributed by atoms with Crippen molar-refractivity contribution in [3.63, 3.8) is 0 Å². The maximum Gasteiger partial charge on any atom is 0.339 e. The van der Waals surface area contributed by atoms with Crippen molar-refractivity contribution in [3.05, 3.63) is 35.2 Å². The lowest BCUT2D eigenvalue weighted by Crippen LogP contribution is -2.03. The molecule has 0 spiro atoms. The van der Waals surface area contributed by atoms with Gasteiger partial charge < -0.3 is 23.8 Å². The van der Waals surface area contributed by atoms with E-state index in [4.69, 9.17) is 18.7 Å². The third-order valence-electron chi connectivity index (χ3n) is 2.76. The summed E-state index contributed by atoms with van der Waals surface area (Å²) in [4.78, 5) is 11.2. The van der Waals surface area contributed by atoms with Crippen LogP contribution in [0.15, 0.2) is 22.7 Å². The molecular formula is C13H11NO6. The lowest BCUT2D eigenvalue weighted by Gasteiger charge is -2.08. The van der Waals surface area contributed by atoms with Gasteiger partial charge in [-0.15, -0.1) is 0 Å². The van der Waals surface area contributed by atoms with Crippen LogP contribution in [0.3, 0.4) is 0 Å². The van der Waals surface area contributed by atoms with Crippen LogP contribution in [0.25, 0.3) is 0 Å². The Labute approximate surface area is 113 Å². The SMILES string of the molecule is Cc1cc(COc2cc3c(cc2C(=O)O)OCO3)no1. The molecule has 0 atom stereocenters. The number of hydrogen-bond acceptors (Lipinski definition) is 6. The minimum Gasteiger partial charge on any atom is -0.486 e. The van der Waals surface area contributed by atoms with Gasteiger partial charge in [-0.3, -0.25) is 0 Å². The fourth-order valence-corrected chi connectivity index (χ4v) is 1.85. The number of nitrogens with zero attached hydrogens (tertiary/aromatic N) is 1. The average Bonchev–Trinajstić information content (AvgIpc) is 3.03. The van der Waals surface area contributed by atoms with E-state index in [1.54, 1.807) is 13.0 Å². The van der Waals surface area contributed by atoms with Crippen molar-refractivity contribution in [2.45, 2.75) is 13.5 Å². The van der Waals surface area contributed by atoms with Crippen LogP contribution in [0.1, 0.15) is 21.8 Å². The molecular weight excluding hydrogens is 266 g/mol. The molecule has 1 aliphatic heterocycles. The summed E-state index contributed by atoms with van der Waals surface area (Å²) in [5.41, 5.74) is 0.589. The van der Waals surface area contributed by atoms with Gasteiger partial charge in [0.2, 0.25) is 6.79 Å². The number of rotatable bonds is 4. The second-order valence-corrected chi connectivity index (χ2v) is 4.22. The zero-order valence-electron chi connectivity index (χ0n) is 10.6. The Balaban J connectivity index is 1.86. The molecule has 104 valence electrons. The highest BCUT2D eigenvalue weighted by molar-refractivity contribution is 5.92. The van der Waals surface area contributed by atoms with E-state index in [0.29, 0.717) is 23.0 Å². The monoisotopic (exact) mass is 277 g/mol. The van der Waals surface area contributed by atoms with Crippen LogP contribution in [0.4, 0.5) is 0 Å². The van der Waals surface area contributed by atoms with Gasteiger partial charge in [0.25, 0.3) is 0 Å². The quantitative estimate of drug-likeness (QED) is 0.913. The molecule has 3 rings (SSSR count). The molecule has 20 heavy (non-hydrogen) atoms. The minimum atomic E-state index is -1.10. The highest BCUT2D eigenvalue weighted by Gasteiger charge is 2.21. The van der Waals surface area contributed by atoms with Crippen LogP contribution in [0, 0.1) is 6.92 Å². The van der Waals surface area contributed by atoms with Crippen LogP contribution >= 0.6 is 0 Å². The topological polar surface area (TPSA) is 91.0 Å². The highest BCUT2D eigenvalue weighted by Crippen LogP contribution is 2.38. The molecule has 1 aromatic carbocycles. The molecule has 7 heteroatoms. The molecule has 0 bridgehead atoms. The summed E-state index contributed by atoms with van der Waals surface area (Å²) < 4.78 is 20.7. The van der Waals surface area contributed by atoms with Crippen LogP contribution < -0.4 is 14.2 Å². The molecule has 0 amide bonds. The average molecular weight is 277 g/mol. The Morgan fingerprint density at radius 1 is 1.35 bits per heavy atom. The Morgan fingerprint density at radius 2 is 2.10 bits per heavy atom. The third-order valence-corrected chi connectivity index (χ3v) is 2.76. The van der Waals surface area contributed by atoms with E-state index in [-0.39, 0.29) is 24.7 Å². The van der Waals surface area contributed by atoms with E-state index >= 15 is 0 Å². The van der Waals surface area contributed by atoms with E-state index in [1.165, 1.54) is 12.1 Å². The van der Waals surface area contributed by atoms with Crippen LogP contribution in [-0.2, 0) is 6.61 Å². The smallest absolute Gasteiger partial charge is 0.339 e. The summed E-state index contributed by atoms with van der Waals surface area (Å²) >= 11 is 0. The van der Waals surface area contributed by atoms with Crippen molar-refractivity contribution < 1.29 is 28.6 Å². The van der Waals surface area contributed by atoms with Crippen molar-refractivity contribution in [1.29, 1.82) is 0 Å². The molecule has 0 unspecified atom stereocenters. The zero-order chi connectivity index (χ0) is 14.1. The standard InChI is InChI=1S/C13H11NO6/c1-7-2-8(14-20-7)5-17-10-4-12-11(18-6-19-12)3-9(10)13(15)16/h2-4H,5-6H2,1H3,(H,15,16).